The first-order valence-electron chi connectivity index (χ1n) is 5.23. The summed E-state index contributed by atoms with van der Waals surface area (Å²) >= 11 is 3.23. The maximum Gasteiger partial charge on any atom is 0.261 e. The van der Waals surface area contributed by atoms with Crippen molar-refractivity contribution < 1.29 is 8.42 Å². The van der Waals surface area contributed by atoms with Gasteiger partial charge in [0.1, 0.15) is 0 Å². The van der Waals surface area contributed by atoms with E-state index in [0.29, 0.717) is 17.6 Å². The van der Waals surface area contributed by atoms with Crippen molar-refractivity contribution in [3.8, 4) is 0 Å². The van der Waals surface area contributed by atoms with Crippen LogP contribution in [0, 0.1) is 0 Å². The highest BCUT2D eigenvalue weighted by molar-refractivity contribution is 9.10. The van der Waals surface area contributed by atoms with E-state index in [9.17, 15) is 8.42 Å². The molecular weight excluding hydrogens is 292 g/mol. The standard InChI is InChI=1S/C10H13BrN2O2S/c11-9-5-4-6-12-10(9)16(14,15)13-7-2-1-3-8-13/h4-6H,1-3,7-8H2. The van der Waals surface area contributed by atoms with Crippen molar-refractivity contribution in [2.45, 2.75) is 24.3 Å². The lowest BCUT2D eigenvalue weighted by atomic mass is 10.2. The number of rotatable bonds is 2. The quantitative estimate of drug-likeness (QED) is 0.840. The van der Waals surface area contributed by atoms with Crippen LogP contribution >= 0.6 is 15.9 Å². The molecule has 88 valence electrons. The zero-order chi connectivity index (χ0) is 11.6. The number of piperidine rings is 1. The molecule has 1 aromatic rings. The predicted octanol–water partition coefficient (Wildman–Crippen LogP) is 2.02. The van der Waals surface area contributed by atoms with Crippen molar-refractivity contribution in [2.75, 3.05) is 13.1 Å². The molecule has 1 aliphatic rings. The predicted molar refractivity (Wildman–Crippen MR) is 64.5 cm³/mol. The minimum atomic E-state index is -3.42. The Morgan fingerprint density at radius 3 is 2.56 bits per heavy atom. The highest BCUT2D eigenvalue weighted by atomic mass is 79.9. The van der Waals surface area contributed by atoms with Gasteiger partial charge in [-0.25, -0.2) is 13.4 Å². The second-order valence-corrected chi connectivity index (χ2v) is 6.46. The summed E-state index contributed by atoms with van der Waals surface area (Å²) in [6, 6.07) is 3.41. The van der Waals surface area contributed by atoms with E-state index in [0.717, 1.165) is 19.3 Å². The summed E-state index contributed by atoms with van der Waals surface area (Å²) in [5.41, 5.74) is 0. The van der Waals surface area contributed by atoms with Crippen LogP contribution in [0.25, 0.3) is 0 Å². The molecule has 6 heteroatoms. The Kier molecular flexibility index (Phi) is 3.61. The third kappa shape index (κ3) is 2.28. The Morgan fingerprint density at radius 1 is 1.25 bits per heavy atom. The van der Waals surface area contributed by atoms with Gasteiger partial charge in [0.15, 0.2) is 5.03 Å². The van der Waals surface area contributed by atoms with Gasteiger partial charge < -0.3 is 0 Å². The Hall–Kier alpha value is -0.460. The average Bonchev–Trinajstić information content (AvgIpc) is 2.30. The van der Waals surface area contributed by atoms with E-state index in [1.165, 1.54) is 10.5 Å². The van der Waals surface area contributed by atoms with Gasteiger partial charge in [0.25, 0.3) is 10.0 Å². The minimum absolute atomic E-state index is 0.122. The zero-order valence-corrected chi connectivity index (χ0v) is 11.2. The number of hydrogen-bond acceptors (Lipinski definition) is 3. The molecular formula is C10H13BrN2O2S. The number of hydrogen-bond donors (Lipinski definition) is 0. The van der Waals surface area contributed by atoms with Crippen LogP contribution in [0.2, 0.25) is 0 Å². The molecule has 0 unspecified atom stereocenters. The smallest absolute Gasteiger partial charge is 0.242 e. The summed E-state index contributed by atoms with van der Waals surface area (Å²) in [7, 11) is -3.42. The van der Waals surface area contributed by atoms with Crippen LogP contribution < -0.4 is 0 Å². The SMILES string of the molecule is O=S(=O)(c1ncccc1Br)N1CCCCC1. The van der Waals surface area contributed by atoms with Gasteiger partial charge in [-0.2, -0.15) is 4.31 Å². The average molecular weight is 305 g/mol. The first-order chi connectivity index (χ1) is 7.62. The number of aromatic nitrogens is 1. The Labute approximate surface area is 104 Å². The van der Waals surface area contributed by atoms with E-state index in [4.69, 9.17) is 0 Å². The van der Waals surface area contributed by atoms with Crippen LogP contribution in [-0.4, -0.2) is 30.8 Å². The van der Waals surface area contributed by atoms with Crippen LogP contribution in [0.1, 0.15) is 19.3 Å². The van der Waals surface area contributed by atoms with Crippen LogP contribution in [0.5, 0.6) is 0 Å². The van der Waals surface area contributed by atoms with Crippen molar-refractivity contribution in [3.05, 3.63) is 22.8 Å². The third-order valence-corrected chi connectivity index (χ3v) is 5.39. The summed E-state index contributed by atoms with van der Waals surface area (Å²) in [5, 5.41) is 0.122. The van der Waals surface area contributed by atoms with E-state index >= 15 is 0 Å². The maximum atomic E-state index is 12.2. The molecule has 0 N–H and O–H groups in total. The molecule has 2 heterocycles. The number of nitrogens with zero attached hydrogens (tertiary/aromatic N) is 2. The van der Waals surface area contributed by atoms with Crippen LogP contribution in [-0.2, 0) is 10.0 Å². The second kappa shape index (κ2) is 4.81. The van der Waals surface area contributed by atoms with Crippen molar-refractivity contribution in [3.63, 3.8) is 0 Å². The number of pyridine rings is 1. The summed E-state index contributed by atoms with van der Waals surface area (Å²) in [6.45, 7) is 1.21. The first-order valence-corrected chi connectivity index (χ1v) is 7.46. The van der Waals surface area contributed by atoms with Gasteiger partial charge in [0.2, 0.25) is 0 Å². The van der Waals surface area contributed by atoms with Gasteiger partial charge in [-0.3, -0.25) is 0 Å². The molecule has 16 heavy (non-hydrogen) atoms. The molecule has 1 fully saturated rings. The fourth-order valence-corrected chi connectivity index (χ4v) is 4.15. The molecule has 0 spiro atoms. The molecule has 1 saturated heterocycles. The molecule has 0 amide bonds. The van der Waals surface area contributed by atoms with Gasteiger partial charge in [0, 0.05) is 19.3 Å². The van der Waals surface area contributed by atoms with Gasteiger partial charge in [0.05, 0.1) is 4.47 Å². The summed E-state index contributed by atoms with van der Waals surface area (Å²) < 4.78 is 26.5. The van der Waals surface area contributed by atoms with Crippen molar-refractivity contribution in [1.82, 2.24) is 9.29 Å². The van der Waals surface area contributed by atoms with Crippen LogP contribution in [0.4, 0.5) is 0 Å². The fraction of sp³-hybridized carbons (Fsp3) is 0.500. The minimum Gasteiger partial charge on any atom is -0.242 e. The summed E-state index contributed by atoms with van der Waals surface area (Å²) in [4.78, 5) is 3.95. The molecule has 0 aliphatic carbocycles. The van der Waals surface area contributed by atoms with Crippen molar-refractivity contribution >= 4 is 26.0 Å². The van der Waals surface area contributed by atoms with E-state index in [2.05, 4.69) is 20.9 Å². The lowest BCUT2D eigenvalue weighted by Gasteiger charge is -2.25. The molecule has 0 atom stereocenters. The second-order valence-electron chi connectivity index (χ2n) is 3.76. The monoisotopic (exact) mass is 304 g/mol. The molecule has 0 radical (unpaired) electrons. The fourth-order valence-electron chi connectivity index (χ4n) is 1.79. The molecule has 0 aromatic carbocycles. The van der Waals surface area contributed by atoms with E-state index in [1.807, 2.05) is 0 Å². The summed E-state index contributed by atoms with van der Waals surface area (Å²) in [6.07, 6.45) is 4.48. The summed E-state index contributed by atoms with van der Waals surface area (Å²) in [5.74, 6) is 0. The number of halogens is 1. The Morgan fingerprint density at radius 2 is 1.94 bits per heavy atom. The highest BCUT2D eigenvalue weighted by Crippen LogP contribution is 2.24. The van der Waals surface area contributed by atoms with Crippen molar-refractivity contribution in [2.24, 2.45) is 0 Å². The van der Waals surface area contributed by atoms with Gasteiger partial charge in [-0.1, -0.05) is 6.42 Å². The highest BCUT2D eigenvalue weighted by Gasteiger charge is 2.28. The lowest BCUT2D eigenvalue weighted by Crippen LogP contribution is -2.36. The van der Waals surface area contributed by atoms with Crippen LogP contribution in [0.15, 0.2) is 27.8 Å². The molecule has 0 bridgehead atoms. The topological polar surface area (TPSA) is 50.3 Å². The maximum absolute atomic E-state index is 12.2. The molecule has 1 aliphatic heterocycles. The number of sulfonamides is 1. The molecule has 0 saturated carbocycles. The van der Waals surface area contributed by atoms with Crippen molar-refractivity contribution in [1.29, 1.82) is 0 Å². The van der Waals surface area contributed by atoms with E-state index in [1.54, 1.807) is 12.1 Å². The Bertz CT molecular complexity index is 469. The molecule has 2 rings (SSSR count). The van der Waals surface area contributed by atoms with Gasteiger partial charge in [-0.05, 0) is 40.9 Å². The van der Waals surface area contributed by atoms with Crippen LogP contribution in [0.3, 0.4) is 0 Å². The third-order valence-electron chi connectivity index (χ3n) is 2.62. The van der Waals surface area contributed by atoms with Gasteiger partial charge in [-0.15, -0.1) is 0 Å². The molecule has 4 nitrogen and oxygen atoms in total. The normalized spacial score (nSPS) is 18.6. The Balaban J connectivity index is 2.35. The first kappa shape index (κ1) is 12.0. The van der Waals surface area contributed by atoms with Gasteiger partial charge >= 0.3 is 0 Å². The van der Waals surface area contributed by atoms with E-state index < -0.39 is 10.0 Å². The zero-order valence-electron chi connectivity index (χ0n) is 8.76. The largest absolute Gasteiger partial charge is 0.261 e. The lowest BCUT2D eigenvalue weighted by molar-refractivity contribution is 0.345. The van der Waals surface area contributed by atoms with E-state index in [-0.39, 0.29) is 5.03 Å². The molecule has 1 aromatic heterocycles.